The van der Waals surface area contributed by atoms with E-state index in [1.165, 1.54) is 25.0 Å². The van der Waals surface area contributed by atoms with Crippen LogP contribution >= 0.6 is 0 Å². The molecule has 5 heteroatoms. The molecule has 4 nitrogen and oxygen atoms in total. The second-order valence-corrected chi connectivity index (χ2v) is 5.05. The molecule has 0 bridgehead atoms. The molecule has 2 rings (SSSR count). The Hall–Kier alpha value is -1.62. The summed E-state index contributed by atoms with van der Waals surface area (Å²) < 4.78 is 13.2. The van der Waals surface area contributed by atoms with E-state index in [2.05, 4.69) is 5.32 Å². The van der Waals surface area contributed by atoms with Crippen LogP contribution in [-0.2, 0) is 0 Å². The molecule has 1 amide bonds. The minimum Gasteiger partial charge on any atom is -0.372 e. The zero-order valence-corrected chi connectivity index (χ0v) is 11.2. The maximum atomic E-state index is 13.2. The summed E-state index contributed by atoms with van der Waals surface area (Å²) in [6.45, 7) is 1.82. The Morgan fingerprint density at radius 1 is 1.53 bits per heavy atom. The molecule has 1 aliphatic heterocycles. The van der Waals surface area contributed by atoms with Gasteiger partial charge in [0.15, 0.2) is 0 Å². The van der Waals surface area contributed by atoms with Gasteiger partial charge in [-0.25, -0.2) is 4.39 Å². The zero-order chi connectivity index (χ0) is 13.8. The molecule has 1 atom stereocenters. The van der Waals surface area contributed by atoms with Crippen LogP contribution in [0, 0.1) is 5.82 Å². The Morgan fingerprint density at radius 3 is 2.95 bits per heavy atom. The molecule has 3 N–H and O–H groups in total. The number of primary amides is 1. The molecule has 1 unspecified atom stereocenters. The third-order valence-corrected chi connectivity index (χ3v) is 3.54. The number of nitrogens with two attached hydrogens (primary N) is 1. The van der Waals surface area contributed by atoms with Crippen molar-refractivity contribution in [3.8, 4) is 0 Å². The quantitative estimate of drug-likeness (QED) is 0.867. The van der Waals surface area contributed by atoms with Crippen LogP contribution in [0.3, 0.4) is 0 Å². The lowest BCUT2D eigenvalue weighted by Crippen LogP contribution is -2.42. The monoisotopic (exact) mass is 265 g/mol. The maximum absolute atomic E-state index is 13.2. The lowest BCUT2D eigenvalue weighted by molar-refractivity contribution is 0.100. The van der Waals surface area contributed by atoms with E-state index >= 15 is 0 Å². The summed E-state index contributed by atoms with van der Waals surface area (Å²) in [5, 5.41) is 3.45. The van der Waals surface area contributed by atoms with Crippen LogP contribution < -0.4 is 16.0 Å². The van der Waals surface area contributed by atoms with Crippen molar-refractivity contribution in [2.75, 3.05) is 25.0 Å². The number of nitrogens with one attached hydrogen (secondary N) is 1. The van der Waals surface area contributed by atoms with Crippen LogP contribution in [0.15, 0.2) is 18.2 Å². The summed E-state index contributed by atoms with van der Waals surface area (Å²) in [7, 11) is 1.90. The first-order chi connectivity index (χ1) is 9.08. The first kappa shape index (κ1) is 13.8. The van der Waals surface area contributed by atoms with Gasteiger partial charge in [-0.1, -0.05) is 6.42 Å². The molecule has 1 saturated heterocycles. The topological polar surface area (TPSA) is 58.4 Å². The normalized spacial score (nSPS) is 19.2. The SMILES string of the molecule is CN(CC1CCCCN1)c1ccc(F)cc1C(N)=O. The van der Waals surface area contributed by atoms with Crippen molar-refractivity contribution in [1.82, 2.24) is 5.32 Å². The van der Waals surface area contributed by atoms with E-state index in [0.29, 0.717) is 11.7 Å². The van der Waals surface area contributed by atoms with Gasteiger partial charge in [0.05, 0.1) is 5.56 Å². The van der Waals surface area contributed by atoms with Crippen LogP contribution in [-0.4, -0.2) is 32.1 Å². The third kappa shape index (κ3) is 3.44. The predicted molar refractivity (Wildman–Crippen MR) is 73.8 cm³/mol. The summed E-state index contributed by atoms with van der Waals surface area (Å²) in [6.07, 6.45) is 3.55. The van der Waals surface area contributed by atoms with Crippen LogP contribution in [0.5, 0.6) is 0 Å². The molecule has 1 fully saturated rings. The smallest absolute Gasteiger partial charge is 0.250 e. The van der Waals surface area contributed by atoms with E-state index in [4.69, 9.17) is 5.73 Å². The van der Waals surface area contributed by atoms with Gasteiger partial charge in [0, 0.05) is 25.3 Å². The van der Waals surface area contributed by atoms with Crippen LogP contribution in [0.25, 0.3) is 0 Å². The summed E-state index contributed by atoms with van der Waals surface area (Å²) in [5.74, 6) is -1.04. The van der Waals surface area contributed by atoms with Crippen molar-refractivity contribution in [3.63, 3.8) is 0 Å². The van der Waals surface area contributed by atoms with Crippen molar-refractivity contribution < 1.29 is 9.18 Å². The van der Waals surface area contributed by atoms with Gasteiger partial charge in [-0.15, -0.1) is 0 Å². The van der Waals surface area contributed by atoms with E-state index in [1.807, 2.05) is 11.9 Å². The fraction of sp³-hybridized carbons (Fsp3) is 0.500. The molecule has 1 heterocycles. The van der Waals surface area contributed by atoms with Crippen molar-refractivity contribution in [2.24, 2.45) is 5.73 Å². The second-order valence-electron chi connectivity index (χ2n) is 5.05. The summed E-state index contributed by atoms with van der Waals surface area (Å²) in [6, 6.07) is 4.57. The Balaban J connectivity index is 2.13. The summed E-state index contributed by atoms with van der Waals surface area (Å²) >= 11 is 0. The van der Waals surface area contributed by atoms with Crippen LogP contribution in [0.4, 0.5) is 10.1 Å². The average Bonchev–Trinajstić information content (AvgIpc) is 2.39. The fourth-order valence-corrected chi connectivity index (χ4v) is 2.55. The first-order valence-electron chi connectivity index (χ1n) is 6.62. The van der Waals surface area contributed by atoms with E-state index in [0.717, 1.165) is 19.5 Å². The van der Waals surface area contributed by atoms with Gasteiger partial charge < -0.3 is 16.0 Å². The largest absolute Gasteiger partial charge is 0.372 e. The number of benzene rings is 1. The Bertz CT molecular complexity index is 458. The average molecular weight is 265 g/mol. The van der Waals surface area contributed by atoms with E-state index < -0.39 is 11.7 Å². The highest BCUT2D eigenvalue weighted by molar-refractivity contribution is 5.98. The Labute approximate surface area is 112 Å². The van der Waals surface area contributed by atoms with Gasteiger partial charge in [-0.05, 0) is 37.6 Å². The number of rotatable bonds is 4. The molecule has 1 aromatic carbocycles. The number of amides is 1. The molecule has 104 valence electrons. The van der Waals surface area contributed by atoms with Crippen molar-refractivity contribution >= 4 is 11.6 Å². The lowest BCUT2D eigenvalue weighted by atomic mass is 10.0. The van der Waals surface area contributed by atoms with E-state index in [1.54, 1.807) is 6.07 Å². The maximum Gasteiger partial charge on any atom is 0.250 e. The Morgan fingerprint density at radius 2 is 2.32 bits per heavy atom. The van der Waals surface area contributed by atoms with Gasteiger partial charge in [0.25, 0.3) is 5.91 Å². The standard InChI is InChI=1S/C14H20FN3O/c1-18(9-11-4-2-3-7-17-11)13-6-5-10(15)8-12(13)14(16)19/h5-6,8,11,17H,2-4,7,9H2,1H3,(H2,16,19). The van der Waals surface area contributed by atoms with Crippen molar-refractivity contribution in [1.29, 1.82) is 0 Å². The molecule has 0 radical (unpaired) electrons. The molecule has 0 aliphatic carbocycles. The van der Waals surface area contributed by atoms with E-state index in [-0.39, 0.29) is 5.56 Å². The number of piperidine rings is 1. The molecular formula is C14H20FN3O. The Kier molecular flexibility index (Phi) is 4.37. The van der Waals surface area contributed by atoms with Crippen molar-refractivity contribution in [3.05, 3.63) is 29.6 Å². The van der Waals surface area contributed by atoms with Gasteiger partial charge in [-0.2, -0.15) is 0 Å². The minimum atomic E-state index is -0.599. The van der Waals surface area contributed by atoms with Crippen LogP contribution in [0.1, 0.15) is 29.6 Å². The van der Waals surface area contributed by atoms with Crippen molar-refractivity contribution in [2.45, 2.75) is 25.3 Å². The summed E-state index contributed by atoms with van der Waals surface area (Å²) in [4.78, 5) is 13.3. The molecular weight excluding hydrogens is 245 g/mol. The number of carbonyl (C=O) groups is 1. The van der Waals surface area contributed by atoms with Gasteiger partial charge in [0.1, 0.15) is 5.82 Å². The number of hydrogen-bond acceptors (Lipinski definition) is 3. The number of hydrogen-bond donors (Lipinski definition) is 2. The number of nitrogens with zero attached hydrogens (tertiary/aromatic N) is 1. The molecule has 19 heavy (non-hydrogen) atoms. The van der Waals surface area contributed by atoms with Gasteiger partial charge >= 0.3 is 0 Å². The molecule has 0 spiro atoms. The zero-order valence-electron chi connectivity index (χ0n) is 11.2. The molecule has 1 aromatic rings. The second kappa shape index (κ2) is 6.02. The van der Waals surface area contributed by atoms with Crippen LogP contribution in [0.2, 0.25) is 0 Å². The first-order valence-corrected chi connectivity index (χ1v) is 6.62. The van der Waals surface area contributed by atoms with Gasteiger partial charge in [-0.3, -0.25) is 4.79 Å². The highest BCUT2D eigenvalue weighted by atomic mass is 19.1. The molecule has 1 aliphatic rings. The predicted octanol–water partition coefficient (Wildman–Crippen LogP) is 1.50. The number of carbonyl (C=O) groups excluding carboxylic acids is 1. The number of likely N-dealkylation sites (N-methyl/N-ethyl adjacent to an activating group) is 1. The molecule has 0 aromatic heterocycles. The number of halogens is 1. The summed E-state index contributed by atoms with van der Waals surface area (Å²) in [5.41, 5.74) is 6.22. The van der Waals surface area contributed by atoms with Gasteiger partial charge in [0.2, 0.25) is 0 Å². The highest BCUT2D eigenvalue weighted by Gasteiger charge is 2.18. The fourth-order valence-electron chi connectivity index (χ4n) is 2.55. The lowest BCUT2D eigenvalue weighted by Gasteiger charge is -2.30. The third-order valence-electron chi connectivity index (χ3n) is 3.54. The minimum absolute atomic E-state index is 0.235. The number of anilines is 1. The molecule has 0 saturated carbocycles. The van der Waals surface area contributed by atoms with E-state index in [9.17, 15) is 9.18 Å². The highest BCUT2D eigenvalue weighted by Crippen LogP contribution is 2.21.